The molecule has 0 aliphatic heterocycles. The minimum atomic E-state index is -0.219. The van der Waals surface area contributed by atoms with Crippen LogP contribution in [0.5, 0.6) is 0 Å². The van der Waals surface area contributed by atoms with Gasteiger partial charge in [0, 0.05) is 12.5 Å². The third-order valence-electron chi connectivity index (χ3n) is 5.57. The van der Waals surface area contributed by atoms with Gasteiger partial charge in [0.25, 0.3) is 0 Å². The molecule has 0 aliphatic carbocycles. The van der Waals surface area contributed by atoms with Crippen molar-refractivity contribution in [1.82, 2.24) is 0 Å². The van der Waals surface area contributed by atoms with Gasteiger partial charge in [0.05, 0.1) is 13.2 Å². The highest BCUT2D eigenvalue weighted by Crippen LogP contribution is 2.16. The van der Waals surface area contributed by atoms with E-state index in [0.29, 0.717) is 19.6 Å². The monoisotopic (exact) mass is 480 g/mol. The van der Waals surface area contributed by atoms with Gasteiger partial charge in [-0.25, -0.2) is 4.79 Å². The molecule has 4 heteroatoms. The van der Waals surface area contributed by atoms with Crippen molar-refractivity contribution in [3.8, 4) is 0 Å². The SMILES string of the molecule is CC(C)(C)COC(=O)/C=C/CCCCCCCCCCCCCCCCC(=O)OCC(C)(C)C. The van der Waals surface area contributed by atoms with Crippen molar-refractivity contribution >= 4 is 11.9 Å². The first kappa shape index (κ1) is 32.7. The number of ether oxygens (including phenoxy) is 2. The summed E-state index contributed by atoms with van der Waals surface area (Å²) in [5, 5.41) is 0. The van der Waals surface area contributed by atoms with Crippen LogP contribution in [0.25, 0.3) is 0 Å². The number of allylic oxidation sites excluding steroid dienone is 1. The maximum Gasteiger partial charge on any atom is 0.330 e. The number of unbranched alkanes of at least 4 members (excludes halogenated alkanes) is 14. The van der Waals surface area contributed by atoms with E-state index in [1.807, 2.05) is 6.08 Å². The fraction of sp³-hybridized carbons (Fsp3) is 0.867. The fourth-order valence-electron chi connectivity index (χ4n) is 3.54. The Hall–Kier alpha value is -1.32. The Kier molecular flexibility index (Phi) is 19.2. The van der Waals surface area contributed by atoms with Gasteiger partial charge in [0.1, 0.15) is 0 Å². The molecule has 0 aromatic rings. The molecule has 0 aromatic heterocycles. The molecule has 0 amide bonds. The second kappa shape index (κ2) is 19.9. The summed E-state index contributed by atoms with van der Waals surface area (Å²) >= 11 is 0. The summed E-state index contributed by atoms with van der Waals surface area (Å²) in [6.45, 7) is 13.4. The van der Waals surface area contributed by atoms with E-state index in [0.717, 1.165) is 25.7 Å². The molecule has 0 rings (SSSR count). The van der Waals surface area contributed by atoms with E-state index < -0.39 is 0 Å². The third-order valence-corrected chi connectivity index (χ3v) is 5.57. The van der Waals surface area contributed by atoms with E-state index in [2.05, 4.69) is 41.5 Å². The molecule has 0 heterocycles. The van der Waals surface area contributed by atoms with Gasteiger partial charge in [-0.1, -0.05) is 125 Å². The summed E-state index contributed by atoms with van der Waals surface area (Å²) < 4.78 is 10.5. The van der Waals surface area contributed by atoms with Crippen molar-refractivity contribution in [2.75, 3.05) is 13.2 Å². The Labute approximate surface area is 211 Å². The largest absolute Gasteiger partial charge is 0.465 e. The Morgan fingerprint density at radius 2 is 0.941 bits per heavy atom. The second-order valence-corrected chi connectivity index (χ2v) is 12.3. The normalized spacial score (nSPS) is 12.3. The van der Waals surface area contributed by atoms with Crippen molar-refractivity contribution in [3.63, 3.8) is 0 Å². The van der Waals surface area contributed by atoms with Crippen LogP contribution in [-0.2, 0) is 19.1 Å². The highest BCUT2D eigenvalue weighted by Gasteiger charge is 2.13. The van der Waals surface area contributed by atoms with E-state index in [-0.39, 0.29) is 22.8 Å². The highest BCUT2D eigenvalue weighted by atomic mass is 16.5. The summed E-state index contributed by atoms with van der Waals surface area (Å²) in [5.74, 6) is -0.260. The van der Waals surface area contributed by atoms with E-state index in [9.17, 15) is 9.59 Å². The quantitative estimate of drug-likeness (QED) is 0.0991. The first-order valence-corrected chi connectivity index (χ1v) is 14.0. The molecule has 0 fully saturated rings. The fourth-order valence-corrected chi connectivity index (χ4v) is 3.54. The van der Waals surface area contributed by atoms with Crippen molar-refractivity contribution in [3.05, 3.63) is 12.2 Å². The maximum absolute atomic E-state index is 11.7. The van der Waals surface area contributed by atoms with Gasteiger partial charge in [-0.2, -0.15) is 0 Å². The third kappa shape index (κ3) is 26.9. The summed E-state index contributed by atoms with van der Waals surface area (Å²) in [7, 11) is 0. The van der Waals surface area contributed by atoms with Gasteiger partial charge < -0.3 is 9.47 Å². The number of carbonyl (C=O) groups excluding carboxylic acids is 2. The molecule has 0 unspecified atom stereocenters. The molecule has 0 saturated carbocycles. The van der Waals surface area contributed by atoms with Gasteiger partial charge in [-0.3, -0.25) is 4.79 Å². The molecule has 0 aliphatic rings. The van der Waals surface area contributed by atoms with Gasteiger partial charge in [-0.15, -0.1) is 0 Å². The molecule has 0 atom stereocenters. The number of esters is 2. The van der Waals surface area contributed by atoms with Crippen molar-refractivity contribution in [1.29, 1.82) is 0 Å². The van der Waals surface area contributed by atoms with Gasteiger partial charge in [-0.05, 0) is 30.1 Å². The van der Waals surface area contributed by atoms with E-state index >= 15 is 0 Å². The lowest BCUT2D eigenvalue weighted by atomic mass is 9.99. The van der Waals surface area contributed by atoms with Crippen molar-refractivity contribution < 1.29 is 19.1 Å². The van der Waals surface area contributed by atoms with E-state index in [1.165, 1.54) is 70.6 Å². The van der Waals surface area contributed by atoms with E-state index in [4.69, 9.17) is 9.47 Å². The molecular weight excluding hydrogens is 424 g/mol. The average molecular weight is 481 g/mol. The smallest absolute Gasteiger partial charge is 0.330 e. The Balaban J connectivity index is 3.29. The first-order valence-electron chi connectivity index (χ1n) is 14.0. The molecule has 34 heavy (non-hydrogen) atoms. The molecule has 0 bridgehead atoms. The summed E-state index contributed by atoms with van der Waals surface area (Å²) in [6, 6.07) is 0. The van der Waals surface area contributed by atoms with E-state index in [1.54, 1.807) is 6.08 Å². The topological polar surface area (TPSA) is 52.6 Å². The Morgan fingerprint density at radius 3 is 1.38 bits per heavy atom. The maximum atomic E-state index is 11.7. The zero-order valence-electron chi connectivity index (χ0n) is 23.5. The van der Waals surface area contributed by atoms with Crippen molar-refractivity contribution in [2.45, 2.75) is 144 Å². The number of carbonyl (C=O) groups is 2. The van der Waals surface area contributed by atoms with Gasteiger partial charge in [0.15, 0.2) is 0 Å². The van der Waals surface area contributed by atoms with Crippen LogP contribution in [-0.4, -0.2) is 25.2 Å². The van der Waals surface area contributed by atoms with Gasteiger partial charge >= 0.3 is 11.9 Å². The molecular formula is C30H56O4. The van der Waals surface area contributed by atoms with Gasteiger partial charge in [0.2, 0.25) is 0 Å². The summed E-state index contributed by atoms with van der Waals surface area (Å²) in [5.41, 5.74) is 0.0771. The molecule has 0 aromatic carbocycles. The number of hydrogen-bond donors (Lipinski definition) is 0. The van der Waals surface area contributed by atoms with Crippen LogP contribution in [0.15, 0.2) is 12.2 Å². The Bertz CT molecular complexity index is 537. The average Bonchev–Trinajstić information content (AvgIpc) is 2.74. The summed E-state index contributed by atoms with van der Waals surface area (Å²) in [6.07, 6.45) is 22.8. The van der Waals surface area contributed by atoms with Crippen LogP contribution in [0.1, 0.15) is 144 Å². The predicted octanol–water partition coefficient (Wildman–Crippen LogP) is 8.96. The Morgan fingerprint density at radius 1 is 0.559 bits per heavy atom. The first-order chi connectivity index (χ1) is 16.0. The molecule has 0 N–H and O–H groups in total. The molecule has 0 spiro atoms. The molecule has 200 valence electrons. The van der Waals surface area contributed by atoms with Crippen molar-refractivity contribution in [2.24, 2.45) is 10.8 Å². The highest BCUT2D eigenvalue weighted by molar-refractivity contribution is 5.81. The van der Waals surface area contributed by atoms with Crippen LogP contribution in [0, 0.1) is 10.8 Å². The minimum Gasteiger partial charge on any atom is -0.465 e. The zero-order chi connectivity index (χ0) is 25.7. The molecule has 0 saturated heterocycles. The minimum absolute atomic E-state index is 0.0227. The lowest BCUT2D eigenvalue weighted by molar-refractivity contribution is -0.146. The van der Waals surface area contributed by atoms with Crippen LogP contribution < -0.4 is 0 Å². The zero-order valence-corrected chi connectivity index (χ0v) is 23.5. The predicted molar refractivity (Wildman–Crippen MR) is 144 cm³/mol. The standard InChI is InChI=1S/C30H56O4/c1-29(2,3)25-33-27(31)23-21-19-17-15-13-11-9-7-8-10-12-14-16-18-20-22-24-28(32)34-26-30(4,5)6/h21,23H,7-20,22,24-26H2,1-6H3/b23-21+. The lowest BCUT2D eigenvalue weighted by Crippen LogP contribution is -2.18. The molecule has 0 radical (unpaired) electrons. The second-order valence-electron chi connectivity index (χ2n) is 12.3. The van der Waals surface area contributed by atoms with Crippen LogP contribution >= 0.6 is 0 Å². The van der Waals surface area contributed by atoms with Crippen LogP contribution in [0.4, 0.5) is 0 Å². The number of hydrogen-bond acceptors (Lipinski definition) is 4. The van der Waals surface area contributed by atoms with Crippen LogP contribution in [0.3, 0.4) is 0 Å². The molecule has 4 nitrogen and oxygen atoms in total. The van der Waals surface area contributed by atoms with Crippen LogP contribution in [0.2, 0.25) is 0 Å². The number of rotatable bonds is 20. The lowest BCUT2D eigenvalue weighted by Gasteiger charge is -2.17. The summed E-state index contributed by atoms with van der Waals surface area (Å²) in [4.78, 5) is 23.3.